The molecule has 1 atom stereocenters. The van der Waals surface area contributed by atoms with Gasteiger partial charge in [-0.15, -0.1) is 0 Å². The molecule has 0 radical (unpaired) electrons. The SMILES string of the molecule is CCN(C(=O)C(=O)Nc1cccc(C)n1)C1CCS(=O)(=O)C1. The molecule has 120 valence electrons. The largest absolute Gasteiger partial charge is 0.331 e. The van der Waals surface area contributed by atoms with Gasteiger partial charge >= 0.3 is 11.8 Å². The fraction of sp³-hybridized carbons (Fsp3) is 0.500. The zero-order valence-corrected chi connectivity index (χ0v) is 13.4. The van der Waals surface area contributed by atoms with Crippen molar-refractivity contribution >= 4 is 27.5 Å². The van der Waals surface area contributed by atoms with Crippen LogP contribution in [-0.2, 0) is 19.4 Å². The van der Waals surface area contributed by atoms with Crippen molar-refractivity contribution in [3.8, 4) is 0 Å². The Morgan fingerprint density at radius 2 is 2.14 bits per heavy atom. The van der Waals surface area contributed by atoms with E-state index in [0.717, 1.165) is 5.69 Å². The third kappa shape index (κ3) is 3.82. The second-order valence-electron chi connectivity index (χ2n) is 5.27. The molecule has 1 unspecified atom stereocenters. The van der Waals surface area contributed by atoms with E-state index in [9.17, 15) is 18.0 Å². The van der Waals surface area contributed by atoms with E-state index in [4.69, 9.17) is 0 Å². The van der Waals surface area contributed by atoms with Crippen molar-refractivity contribution in [2.75, 3.05) is 23.4 Å². The summed E-state index contributed by atoms with van der Waals surface area (Å²) in [6.07, 6.45) is 0.373. The fourth-order valence-electron chi connectivity index (χ4n) is 2.50. The van der Waals surface area contributed by atoms with E-state index in [1.807, 2.05) is 0 Å². The molecule has 2 heterocycles. The number of nitrogens with zero attached hydrogens (tertiary/aromatic N) is 2. The molecule has 0 aliphatic carbocycles. The van der Waals surface area contributed by atoms with Crippen LogP contribution in [-0.4, -0.2) is 54.2 Å². The van der Waals surface area contributed by atoms with E-state index < -0.39 is 27.7 Å². The Morgan fingerprint density at radius 3 is 2.68 bits per heavy atom. The third-order valence-electron chi connectivity index (χ3n) is 3.57. The van der Waals surface area contributed by atoms with Crippen LogP contribution in [0.5, 0.6) is 0 Å². The number of likely N-dealkylation sites (N-methyl/N-ethyl adjacent to an activating group) is 1. The first-order valence-corrected chi connectivity index (χ1v) is 8.90. The van der Waals surface area contributed by atoms with Crippen LogP contribution >= 0.6 is 0 Å². The van der Waals surface area contributed by atoms with Crippen LogP contribution in [0.3, 0.4) is 0 Å². The third-order valence-corrected chi connectivity index (χ3v) is 5.33. The summed E-state index contributed by atoms with van der Waals surface area (Å²) in [6, 6.07) is 4.66. The van der Waals surface area contributed by atoms with Gasteiger partial charge in [0.25, 0.3) is 0 Å². The molecule has 1 N–H and O–H groups in total. The highest BCUT2D eigenvalue weighted by Gasteiger charge is 2.36. The van der Waals surface area contributed by atoms with Gasteiger partial charge in [0, 0.05) is 18.3 Å². The number of aromatic nitrogens is 1. The number of hydrogen-bond donors (Lipinski definition) is 1. The van der Waals surface area contributed by atoms with Crippen LogP contribution in [0.25, 0.3) is 0 Å². The molecule has 0 bridgehead atoms. The molecule has 1 aromatic heterocycles. The summed E-state index contributed by atoms with van der Waals surface area (Å²) in [5.74, 6) is -1.25. The Morgan fingerprint density at radius 1 is 1.41 bits per heavy atom. The van der Waals surface area contributed by atoms with Gasteiger partial charge < -0.3 is 10.2 Å². The molecular weight excluding hydrogens is 306 g/mol. The van der Waals surface area contributed by atoms with Gasteiger partial charge in [-0.3, -0.25) is 9.59 Å². The highest BCUT2D eigenvalue weighted by atomic mass is 32.2. The number of carbonyl (C=O) groups excluding carboxylic acids is 2. The zero-order chi connectivity index (χ0) is 16.3. The van der Waals surface area contributed by atoms with Crippen molar-refractivity contribution < 1.29 is 18.0 Å². The lowest BCUT2D eigenvalue weighted by Gasteiger charge is -2.25. The number of hydrogen-bond acceptors (Lipinski definition) is 5. The van der Waals surface area contributed by atoms with Gasteiger partial charge in [0.1, 0.15) is 5.82 Å². The van der Waals surface area contributed by atoms with E-state index >= 15 is 0 Å². The molecule has 7 nitrogen and oxygen atoms in total. The number of nitrogens with one attached hydrogen (secondary N) is 1. The maximum atomic E-state index is 12.3. The molecular formula is C14H19N3O4S. The molecule has 1 fully saturated rings. The standard InChI is InChI=1S/C14H19N3O4S/c1-3-17(11-7-8-22(20,21)9-11)14(19)13(18)16-12-6-4-5-10(2)15-12/h4-6,11H,3,7-9H2,1-2H3,(H,15,16,18). The molecule has 0 saturated carbocycles. The highest BCUT2D eigenvalue weighted by Crippen LogP contribution is 2.18. The lowest BCUT2D eigenvalue weighted by molar-refractivity contribution is -0.144. The lowest BCUT2D eigenvalue weighted by atomic mass is 10.2. The first-order valence-electron chi connectivity index (χ1n) is 7.08. The fourth-order valence-corrected chi connectivity index (χ4v) is 4.23. The van der Waals surface area contributed by atoms with Crippen molar-refractivity contribution in [1.29, 1.82) is 0 Å². The minimum absolute atomic E-state index is 0.0580. The smallest absolute Gasteiger partial charge is 0.315 e. The van der Waals surface area contributed by atoms with Gasteiger partial charge in [-0.2, -0.15) is 0 Å². The number of anilines is 1. The van der Waals surface area contributed by atoms with Gasteiger partial charge in [-0.05, 0) is 32.4 Å². The molecule has 0 aromatic carbocycles. The van der Waals surface area contributed by atoms with Gasteiger partial charge in [0.2, 0.25) is 0 Å². The molecule has 2 amide bonds. The van der Waals surface area contributed by atoms with Crippen LogP contribution in [0.15, 0.2) is 18.2 Å². The predicted molar refractivity (Wildman–Crippen MR) is 82.0 cm³/mol. The van der Waals surface area contributed by atoms with Gasteiger partial charge in [0.15, 0.2) is 9.84 Å². The van der Waals surface area contributed by atoms with Gasteiger partial charge in [0.05, 0.1) is 11.5 Å². The van der Waals surface area contributed by atoms with E-state index in [2.05, 4.69) is 10.3 Å². The Labute approximate surface area is 129 Å². The van der Waals surface area contributed by atoms with E-state index in [1.54, 1.807) is 32.0 Å². The monoisotopic (exact) mass is 325 g/mol. The predicted octanol–water partition coefficient (Wildman–Crippen LogP) is 0.364. The molecule has 2 rings (SSSR count). The number of amides is 2. The summed E-state index contributed by atoms with van der Waals surface area (Å²) >= 11 is 0. The van der Waals surface area contributed by atoms with Gasteiger partial charge in [-0.25, -0.2) is 13.4 Å². The summed E-state index contributed by atoms with van der Waals surface area (Å²) in [5.41, 5.74) is 0.722. The normalized spacial score (nSPS) is 19.6. The van der Waals surface area contributed by atoms with E-state index in [1.165, 1.54) is 4.90 Å². The molecule has 0 spiro atoms. The number of rotatable bonds is 3. The highest BCUT2D eigenvalue weighted by molar-refractivity contribution is 7.91. The number of sulfone groups is 1. The lowest BCUT2D eigenvalue weighted by Crippen LogP contribution is -2.46. The Hall–Kier alpha value is -1.96. The van der Waals surface area contributed by atoms with Crippen molar-refractivity contribution in [2.24, 2.45) is 0 Å². The summed E-state index contributed by atoms with van der Waals surface area (Å²) in [7, 11) is -3.11. The molecule has 1 aliphatic rings. The van der Waals surface area contributed by atoms with Gasteiger partial charge in [-0.1, -0.05) is 6.07 Å². The van der Waals surface area contributed by atoms with Crippen LogP contribution in [0.1, 0.15) is 19.0 Å². The summed E-state index contributed by atoms with van der Waals surface area (Å²) in [4.78, 5) is 29.7. The number of carbonyl (C=O) groups is 2. The van der Waals surface area contributed by atoms with Crippen molar-refractivity contribution in [2.45, 2.75) is 26.3 Å². The zero-order valence-electron chi connectivity index (χ0n) is 12.6. The minimum atomic E-state index is -3.11. The minimum Gasteiger partial charge on any atom is -0.331 e. The molecule has 22 heavy (non-hydrogen) atoms. The number of aryl methyl sites for hydroxylation is 1. The Bertz CT molecular complexity index is 687. The van der Waals surface area contributed by atoms with Crippen molar-refractivity contribution in [3.05, 3.63) is 23.9 Å². The van der Waals surface area contributed by atoms with E-state index in [0.29, 0.717) is 12.2 Å². The molecule has 1 aliphatic heterocycles. The average molecular weight is 325 g/mol. The first-order chi connectivity index (χ1) is 10.3. The second-order valence-corrected chi connectivity index (χ2v) is 7.50. The Kier molecular flexibility index (Phi) is 4.80. The summed E-state index contributed by atoms with van der Waals surface area (Å²) < 4.78 is 23.1. The summed E-state index contributed by atoms with van der Waals surface area (Å²) in [5, 5.41) is 2.45. The van der Waals surface area contributed by atoms with Crippen molar-refractivity contribution in [3.63, 3.8) is 0 Å². The molecule has 8 heteroatoms. The first kappa shape index (κ1) is 16.4. The second kappa shape index (κ2) is 6.43. The van der Waals surface area contributed by atoms with Crippen LogP contribution in [0.4, 0.5) is 5.82 Å². The topological polar surface area (TPSA) is 96.4 Å². The van der Waals surface area contributed by atoms with Crippen LogP contribution in [0, 0.1) is 6.92 Å². The number of pyridine rings is 1. The average Bonchev–Trinajstić information content (AvgIpc) is 2.79. The molecule has 1 saturated heterocycles. The van der Waals surface area contributed by atoms with E-state index in [-0.39, 0.29) is 18.1 Å². The maximum Gasteiger partial charge on any atom is 0.315 e. The van der Waals surface area contributed by atoms with Crippen LogP contribution in [0.2, 0.25) is 0 Å². The summed E-state index contributed by atoms with van der Waals surface area (Å²) in [6.45, 7) is 3.79. The Balaban J connectivity index is 2.06. The quantitative estimate of drug-likeness (QED) is 0.810. The molecule has 1 aromatic rings. The van der Waals surface area contributed by atoms with Crippen molar-refractivity contribution in [1.82, 2.24) is 9.88 Å². The van der Waals surface area contributed by atoms with Crippen LogP contribution < -0.4 is 5.32 Å². The maximum absolute atomic E-state index is 12.3.